The van der Waals surface area contributed by atoms with Crippen molar-refractivity contribution in [1.82, 2.24) is 0 Å². The van der Waals surface area contributed by atoms with Crippen molar-refractivity contribution in [2.45, 2.75) is 9.79 Å². The van der Waals surface area contributed by atoms with Crippen molar-refractivity contribution in [1.29, 1.82) is 0 Å². The number of anilines is 4. The van der Waals surface area contributed by atoms with E-state index in [0.717, 1.165) is 99.9 Å². The van der Waals surface area contributed by atoms with Crippen molar-refractivity contribution in [2.24, 2.45) is 0 Å². The van der Waals surface area contributed by atoms with Gasteiger partial charge in [0.1, 0.15) is 46.0 Å². The third kappa shape index (κ3) is 4.70. The van der Waals surface area contributed by atoms with Crippen LogP contribution in [0.25, 0.3) is 0 Å². The van der Waals surface area contributed by atoms with Crippen molar-refractivity contribution in [3.8, 4) is 46.0 Å². The molecule has 6 nitrogen and oxygen atoms in total. The van der Waals surface area contributed by atoms with Crippen LogP contribution in [0, 0.1) is 0 Å². The van der Waals surface area contributed by atoms with Gasteiger partial charge in [-0.25, -0.2) is 0 Å². The molecule has 0 bridgehead atoms. The van der Waals surface area contributed by atoms with Gasteiger partial charge in [-0.1, -0.05) is 54.6 Å². The highest BCUT2D eigenvalue weighted by Gasteiger charge is 2.48. The number of hydrogen-bond acceptors (Lipinski definition) is 10. The summed E-state index contributed by atoms with van der Waals surface area (Å²) in [4.78, 5) is 2.23. The summed E-state index contributed by atoms with van der Waals surface area (Å²) in [5, 5.41) is 0. The van der Waals surface area contributed by atoms with Gasteiger partial charge in [0.2, 0.25) is 0 Å². The zero-order chi connectivity index (χ0) is 39.3. The fourth-order valence-corrected chi connectivity index (χ4v) is 12.6. The first-order valence-corrected chi connectivity index (χ1v) is 24.4. The van der Waals surface area contributed by atoms with Crippen molar-refractivity contribution < 1.29 is 18.9 Å². The van der Waals surface area contributed by atoms with Crippen molar-refractivity contribution >= 4 is 139 Å². The van der Waals surface area contributed by atoms with Crippen LogP contribution in [0.1, 0.15) is 0 Å². The number of nitrogens with zero attached hydrogens (tertiary/aromatic N) is 2. The van der Waals surface area contributed by atoms with Gasteiger partial charge in [-0.15, -0.1) is 23.5 Å². The molecule has 0 atom stereocenters. The fraction of sp³-hybridized carbons (Fsp3) is 0.0870. The third-order valence-corrected chi connectivity index (χ3v) is 15.6. The minimum atomic E-state index is -0.0572. The van der Waals surface area contributed by atoms with Gasteiger partial charge in [0, 0.05) is 56.7 Å². The van der Waals surface area contributed by atoms with E-state index in [9.17, 15) is 0 Å². The molecule has 0 saturated carbocycles. The Labute approximate surface area is 360 Å². The van der Waals surface area contributed by atoms with Crippen LogP contribution in [0.3, 0.4) is 0 Å². The topological polar surface area (TPSA) is 43.4 Å². The van der Waals surface area contributed by atoms with E-state index >= 15 is 0 Å². The smallest absolute Gasteiger partial charge is 0.260 e. The molecule has 0 radical (unpaired) electrons. The maximum absolute atomic E-state index is 6.97. The van der Waals surface area contributed by atoms with Gasteiger partial charge >= 0.3 is 0 Å². The second kappa shape index (κ2) is 12.7. The van der Waals surface area contributed by atoms with Gasteiger partial charge in [-0.2, -0.15) is 0 Å². The van der Waals surface area contributed by atoms with Crippen LogP contribution >= 0.6 is 47.4 Å². The summed E-state index contributed by atoms with van der Waals surface area (Å²) in [6.45, 7) is -0.146. The van der Waals surface area contributed by atoms with Crippen molar-refractivity contribution in [3.05, 3.63) is 115 Å². The molecule has 0 saturated heterocycles. The third-order valence-electron chi connectivity index (χ3n) is 12.7. The lowest BCUT2D eigenvalue weighted by Crippen LogP contribution is -2.65. The van der Waals surface area contributed by atoms with Crippen molar-refractivity contribution in [2.75, 3.05) is 33.6 Å². The molecule has 6 heterocycles. The van der Waals surface area contributed by atoms with E-state index in [-0.39, 0.29) is 20.1 Å². The predicted molar refractivity (Wildman–Crippen MR) is 254 cm³/mol. The molecule has 0 unspecified atom stereocenters. The zero-order valence-electron chi connectivity index (χ0n) is 32.4. The summed E-state index contributed by atoms with van der Waals surface area (Å²) >= 11 is 6.87. The summed E-state index contributed by atoms with van der Waals surface area (Å²) < 4.78 is 32.0. The Morgan fingerprint density at radius 3 is 1.19 bits per heavy atom. The number of fused-ring (bicyclic) bond motifs is 12. The molecule has 7 aromatic rings. The minimum Gasteiger partial charge on any atom is -0.458 e. The summed E-state index contributed by atoms with van der Waals surface area (Å²) in [7, 11) is 0. The molecule has 0 aliphatic carbocycles. The van der Waals surface area contributed by atoms with Crippen LogP contribution < -0.4 is 76.7 Å². The first-order valence-electron chi connectivity index (χ1n) is 19.5. The Bertz CT molecular complexity index is 2840. The van der Waals surface area contributed by atoms with E-state index in [0.29, 0.717) is 0 Å². The molecule has 0 amide bonds. The number of thioether (sulfide) groups is 2. The maximum Gasteiger partial charge on any atom is 0.260 e. The lowest BCUT2D eigenvalue weighted by Gasteiger charge is -2.44. The van der Waals surface area contributed by atoms with E-state index in [1.807, 2.05) is 0 Å². The van der Waals surface area contributed by atoms with E-state index in [1.165, 1.54) is 27.8 Å². The molecule has 0 spiro atoms. The first-order chi connectivity index (χ1) is 29.0. The molecule has 0 aromatic heterocycles. The number of rotatable bonds is 4. The molecule has 6 aliphatic rings. The van der Waals surface area contributed by atoms with Gasteiger partial charge in [0.05, 0.1) is 11.4 Å². The molecule has 13 heteroatoms. The van der Waals surface area contributed by atoms with Crippen LogP contribution in [-0.2, 0) is 0 Å². The Balaban J connectivity index is 1.07. The average Bonchev–Trinajstić information content (AvgIpc) is 3.27. The number of para-hydroxylation sites is 2. The van der Waals surface area contributed by atoms with E-state index in [4.69, 9.17) is 18.9 Å². The largest absolute Gasteiger partial charge is 0.458 e. The zero-order valence-corrected chi connectivity index (χ0v) is 35.6. The van der Waals surface area contributed by atoms with Gasteiger partial charge in [0.25, 0.3) is 20.1 Å². The maximum atomic E-state index is 6.97. The number of ether oxygens (including phenoxy) is 4. The minimum absolute atomic E-state index is 0.0446. The highest BCUT2D eigenvalue weighted by molar-refractivity contribution is 8.00. The van der Waals surface area contributed by atoms with Gasteiger partial charge < -0.3 is 18.9 Å². The van der Waals surface area contributed by atoms with E-state index < -0.39 is 0 Å². The molecule has 0 N–H and O–H groups in total. The average molecular weight is 836 g/mol. The lowest BCUT2D eigenvalue weighted by molar-refractivity contribution is 0.462. The molecule has 59 heavy (non-hydrogen) atoms. The summed E-state index contributed by atoms with van der Waals surface area (Å²) in [6.07, 6.45) is 8.53. The van der Waals surface area contributed by atoms with Gasteiger partial charge in [-0.05, 0) is 123 Å². The second-order valence-electron chi connectivity index (χ2n) is 15.4. The van der Waals surface area contributed by atoms with Gasteiger partial charge in [0.15, 0.2) is 0 Å². The second-order valence-corrected chi connectivity index (χ2v) is 18.6. The van der Waals surface area contributed by atoms with Crippen molar-refractivity contribution in [3.63, 3.8) is 0 Å². The fourth-order valence-electron chi connectivity index (χ4n) is 10.3. The molecule has 13 rings (SSSR count). The summed E-state index contributed by atoms with van der Waals surface area (Å²) in [6, 6.07) is 41.9. The SMILES string of the molecule is CSc1cc2c3c(c1)Oc1cc4c(cc1B3c1ccccc1O2)B1c2cc3c(cc2N(SC)c2cccc(c21)N4SC)Oc1cc(SC)cc2c1B3c1ccccc1O2. The molecular formula is C46H31B3N2O4S4. The Morgan fingerprint density at radius 1 is 0.356 bits per heavy atom. The molecular weight excluding hydrogens is 805 g/mol. The number of hydrogen-bond donors (Lipinski definition) is 0. The molecule has 7 aromatic carbocycles. The quantitative estimate of drug-likeness (QED) is 0.111. The van der Waals surface area contributed by atoms with E-state index in [1.54, 1.807) is 47.4 Å². The molecule has 0 fully saturated rings. The normalized spacial score (nSPS) is 14.7. The molecule has 282 valence electrons. The summed E-state index contributed by atoms with van der Waals surface area (Å²) in [5.41, 5.74) is 15.3. The van der Waals surface area contributed by atoms with E-state index in [2.05, 4.69) is 149 Å². The first kappa shape index (κ1) is 34.8. The van der Waals surface area contributed by atoms with Crippen LogP contribution in [0.5, 0.6) is 46.0 Å². The van der Waals surface area contributed by atoms with Crippen LogP contribution in [0.15, 0.2) is 125 Å². The highest BCUT2D eigenvalue weighted by atomic mass is 32.2. The Hall–Kier alpha value is -5.07. The van der Waals surface area contributed by atoms with Gasteiger partial charge in [-0.3, -0.25) is 8.61 Å². The van der Waals surface area contributed by atoms with Crippen LogP contribution in [-0.4, -0.2) is 45.2 Å². The Morgan fingerprint density at radius 2 is 0.763 bits per heavy atom. The number of benzene rings is 7. The predicted octanol–water partition coefficient (Wildman–Crippen LogP) is 6.56. The van der Waals surface area contributed by atoms with Crippen LogP contribution in [0.2, 0.25) is 0 Å². The summed E-state index contributed by atoms with van der Waals surface area (Å²) in [5.74, 6) is 7.00. The van der Waals surface area contributed by atoms with Crippen LogP contribution in [0.4, 0.5) is 22.7 Å². The lowest BCUT2D eigenvalue weighted by atomic mass is 9.30. The Kier molecular flexibility index (Phi) is 7.50. The monoisotopic (exact) mass is 836 g/mol. The highest BCUT2D eigenvalue weighted by Crippen LogP contribution is 2.46. The standard InChI is InChI=1S/C46H31B3N2O4S4/c1-56-24-16-40-45-42(18-24)54-38-22-34-28(20-30(38)47(45)26-10-5-7-14-36(26)52-40)49-29-21-31-39(23-35(29)51(59-4)33-13-9-12-32(44(33)49)50(34)58-3)55-43-19-25(57-2)17-41-46(43)48(31)27-11-6-8-15-37(27)53-41/h5-23H,1-4H3. The molecule has 6 aliphatic heterocycles.